The molecule has 5 heteroatoms. The SMILES string of the molecule is CCCCCCCCCCOc1ccc(-c2ncc(OCCCC(F)CCCCCC)cn2)cc1. The van der Waals surface area contributed by atoms with Gasteiger partial charge in [-0.05, 0) is 49.9 Å². The number of hydrogen-bond acceptors (Lipinski definition) is 4. The van der Waals surface area contributed by atoms with E-state index in [-0.39, 0.29) is 0 Å². The second-order valence-corrected chi connectivity index (χ2v) is 9.53. The molecular weight excluding hydrogens is 439 g/mol. The molecule has 0 N–H and O–H groups in total. The number of nitrogens with zero attached hydrogens (tertiary/aromatic N) is 2. The third-order valence-electron chi connectivity index (χ3n) is 6.31. The van der Waals surface area contributed by atoms with Crippen molar-refractivity contribution >= 4 is 0 Å². The van der Waals surface area contributed by atoms with Gasteiger partial charge in [0.05, 0.1) is 25.6 Å². The lowest BCUT2D eigenvalue weighted by Gasteiger charge is -2.09. The first-order chi connectivity index (χ1) is 17.2. The molecule has 0 aliphatic rings. The second-order valence-electron chi connectivity index (χ2n) is 9.53. The summed E-state index contributed by atoms with van der Waals surface area (Å²) in [6, 6.07) is 7.93. The lowest BCUT2D eigenvalue weighted by atomic mass is 10.1. The fourth-order valence-corrected chi connectivity index (χ4v) is 4.10. The Bertz CT molecular complexity index is 752. The summed E-state index contributed by atoms with van der Waals surface area (Å²) < 4.78 is 25.5. The second kappa shape index (κ2) is 19.1. The van der Waals surface area contributed by atoms with E-state index in [0.29, 0.717) is 37.4 Å². The molecule has 4 nitrogen and oxygen atoms in total. The van der Waals surface area contributed by atoms with Gasteiger partial charge in [0.25, 0.3) is 0 Å². The van der Waals surface area contributed by atoms with Gasteiger partial charge >= 0.3 is 0 Å². The van der Waals surface area contributed by atoms with E-state index in [9.17, 15) is 4.39 Å². The van der Waals surface area contributed by atoms with Crippen molar-refractivity contribution < 1.29 is 13.9 Å². The van der Waals surface area contributed by atoms with Crippen LogP contribution < -0.4 is 9.47 Å². The zero-order chi connectivity index (χ0) is 25.0. The molecule has 0 aliphatic heterocycles. The van der Waals surface area contributed by atoms with Crippen molar-refractivity contribution in [3.05, 3.63) is 36.7 Å². The third kappa shape index (κ3) is 13.5. The van der Waals surface area contributed by atoms with Crippen molar-refractivity contribution in [2.45, 2.75) is 116 Å². The van der Waals surface area contributed by atoms with Crippen LogP contribution in [-0.4, -0.2) is 29.4 Å². The monoisotopic (exact) mass is 486 g/mol. The quantitative estimate of drug-likeness (QED) is 0.165. The molecule has 0 bridgehead atoms. The zero-order valence-corrected chi connectivity index (χ0v) is 22.2. The molecule has 0 radical (unpaired) electrons. The van der Waals surface area contributed by atoms with Crippen molar-refractivity contribution in [3.8, 4) is 22.9 Å². The molecule has 0 amide bonds. The number of hydrogen-bond donors (Lipinski definition) is 0. The van der Waals surface area contributed by atoms with Crippen LogP contribution in [0.4, 0.5) is 4.39 Å². The highest BCUT2D eigenvalue weighted by molar-refractivity contribution is 5.56. The molecule has 1 atom stereocenters. The number of halogens is 1. The van der Waals surface area contributed by atoms with Crippen LogP contribution in [0.2, 0.25) is 0 Å². The number of rotatable bonds is 21. The van der Waals surface area contributed by atoms with Gasteiger partial charge in [-0.2, -0.15) is 0 Å². The van der Waals surface area contributed by atoms with E-state index < -0.39 is 6.17 Å². The van der Waals surface area contributed by atoms with Gasteiger partial charge in [-0.3, -0.25) is 0 Å². The van der Waals surface area contributed by atoms with Crippen LogP contribution in [0.3, 0.4) is 0 Å². The van der Waals surface area contributed by atoms with E-state index in [1.165, 1.54) is 57.8 Å². The normalized spacial score (nSPS) is 12.0. The van der Waals surface area contributed by atoms with Crippen LogP contribution in [0.1, 0.15) is 110 Å². The number of unbranched alkanes of at least 4 members (excludes halogenated alkanes) is 10. The van der Waals surface area contributed by atoms with Crippen molar-refractivity contribution in [1.82, 2.24) is 9.97 Å². The van der Waals surface area contributed by atoms with Crippen molar-refractivity contribution in [2.75, 3.05) is 13.2 Å². The van der Waals surface area contributed by atoms with E-state index in [1.807, 2.05) is 24.3 Å². The van der Waals surface area contributed by atoms with Crippen molar-refractivity contribution in [1.29, 1.82) is 0 Å². The minimum Gasteiger partial charge on any atom is -0.494 e. The molecule has 2 aromatic rings. The Morgan fingerprint density at radius 3 is 1.80 bits per heavy atom. The minimum atomic E-state index is -0.721. The minimum absolute atomic E-state index is 0.489. The maximum Gasteiger partial charge on any atom is 0.159 e. The highest BCUT2D eigenvalue weighted by Crippen LogP contribution is 2.21. The zero-order valence-electron chi connectivity index (χ0n) is 22.2. The van der Waals surface area contributed by atoms with Crippen LogP contribution in [0.25, 0.3) is 11.4 Å². The summed E-state index contributed by atoms with van der Waals surface area (Å²) in [5.74, 6) is 2.16. The maximum atomic E-state index is 13.9. The first kappa shape index (κ1) is 29.1. The number of aromatic nitrogens is 2. The molecule has 1 unspecified atom stereocenters. The average molecular weight is 487 g/mol. The average Bonchev–Trinajstić information content (AvgIpc) is 2.89. The lowest BCUT2D eigenvalue weighted by Crippen LogP contribution is -2.05. The van der Waals surface area contributed by atoms with Crippen LogP contribution in [0.5, 0.6) is 11.5 Å². The fourth-order valence-electron chi connectivity index (χ4n) is 4.10. The number of ether oxygens (including phenoxy) is 2. The molecule has 0 spiro atoms. The van der Waals surface area contributed by atoms with Gasteiger partial charge in [0, 0.05) is 5.56 Å². The molecule has 0 saturated heterocycles. The van der Waals surface area contributed by atoms with Gasteiger partial charge in [0.1, 0.15) is 11.9 Å². The topological polar surface area (TPSA) is 44.2 Å². The van der Waals surface area contributed by atoms with Gasteiger partial charge in [-0.15, -0.1) is 0 Å². The predicted octanol–water partition coefficient (Wildman–Crippen LogP) is 9.13. The van der Waals surface area contributed by atoms with Gasteiger partial charge in [0.15, 0.2) is 11.6 Å². The Labute approximate surface area is 213 Å². The van der Waals surface area contributed by atoms with E-state index >= 15 is 0 Å². The molecule has 1 aromatic heterocycles. The Morgan fingerprint density at radius 2 is 1.14 bits per heavy atom. The van der Waals surface area contributed by atoms with E-state index in [4.69, 9.17) is 9.47 Å². The third-order valence-corrected chi connectivity index (χ3v) is 6.31. The maximum absolute atomic E-state index is 13.9. The first-order valence-corrected chi connectivity index (χ1v) is 14.0. The largest absolute Gasteiger partial charge is 0.494 e. The van der Waals surface area contributed by atoms with E-state index in [2.05, 4.69) is 23.8 Å². The van der Waals surface area contributed by atoms with Crippen LogP contribution in [-0.2, 0) is 0 Å². The summed E-state index contributed by atoms with van der Waals surface area (Å²) in [5, 5.41) is 0. The molecule has 0 fully saturated rings. The summed E-state index contributed by atoms with van der Waals surface area (Å²) in [7, 11) is 0. The predicted molar refractivity (Wildman–Crippen MR) is 144 cm³/mol. The molecule has 2 rings (SSSR count). The molecular formula is C30H47FN2O2. The van der Waals surface area contributed by atoms with Crippen molar-refractivity contribution in [2.24, 2.45) is 0 Å². The summed E-state index contributed by atoms with van der Waals surface area (Å²) in [6.07, 6.45) is 19.5. The summed E-state index contributed by atoms with van der Waals surface area (Å²) in [5.41, 5.74) is 0.944. The van der Waals surface area contributed by atoms with Crippen LogP contribution in [0.15, 0.2) is 36.7 Å². The first-order valence-electron chi connectivity index (χ1n) is 14.0. The Hall–Kier alpha value is -2.17. The Morgan fingerprint density at radius 1 is 0.629 bits per heavy atom. The smallest absolute Gasteiger partial charge is 0.159 e. The molecule has 1 aromatic carbocycles. The van der Waals surface area contributed by atoms with Gasteiger partial charge in [-0.25, -0.2) is 14.4 Å². The molecule has 35 heavy (non-hydrogen) atoms. The summed E-state index contributed by atoms with van der Waals surface area (Å²) in [6.45, 7) is 5.68. The van der Waals surface area contributed by atoms with Gasteiger partial charge < -0.3 is 9.47 Å². The standard InChI is InChI=1S/C30H47FN2O2/c1-3-5-7-9-10-11-12-14-22-34-28-20-18-26(19-21-28)30-32-24-29(25-33-30)35-23-15-17-27(31)16-13-8-6-4-2/h18-21,24-25,27H,3-17,22-23H2,1-2H3. The number of alkyl halides is 1. The van der Waals surface area contributed by atoms with Crippen LogP contribution in [0, 0.1) is 0 Å². The summed E-state index contributed by atoms with van der Waals surface area (Å²) >= 11 is 0. The van der Waals surface area contributed by atoms with Crippen molar-refractivity contribution in [3.63, 3.8) is 0 Å². The molecule has 196 valence electrons. The fraction of sp³-hybridized carbons (Fsp3) is 0.667. The Kier molecular flexibility index (Phi) is 15.8. The van der Waals surface area contributed by atoms with Gasteiger partial charge in [0.2, 0.25) is 0 Å². The number of benzene rings is 1. The summed E-state index contributed by atoms with van der Waals surface area (Å²) in [4.78, 5) is 8.84. The molecule has 0 aliphatic carbocycles. The molecule has 0 saturated carbocycles. The van der Waals surface area contributed by atoms with E-state index in [0.717, 1.165) is 37.2 Å². The molecule has 1 heterocycles. The Balaban J connectivity index is 1.60. The van der Waals surface area contributed by atoms with E-state index in [1.54, 1.807) is 12.4 Å². The van der Waals surface area contributed by atoms with Crippen LogP contribution >= 0.6 is 0 Å². The highest BCUT2D eigenvalue weighted by Gasteiger charge is 2.07. The van der Waals surface area contributed by atoms with Gasteiger partial charge in [-0.1, -0.05) is 84.5 Å². The highest BCUT2D eigenvalue weighted by atomic mass is 19.1. The lowest BCUT2D eigenvalue weighted by molar-refractivity contribution is 0.245.